The van der Waals surface area contributed by atoms with E-state index in [-0.39, 0.29) is 41.7 Å². The second kappa shape index (κ2) is 10.1. The van der Waals surface area contributed by atoms with Gasteiger partial charge < -0.3 is 9.66 Å². The van der Waals surface area contributed by atoms with E-state index in [9.17, 15) is 18.1 Å². The minimum atomic E-state index is -4.11. The summed E-state index contributed by atoms with van der Waals surface area (Å²) >= 11 is 0. The van der Waals surface area contributed by atoms with Crippen LogP contribution in [0.5, 0.6) is 0 Å². The average Bonchev–Trinajstić information content (AvgIpc) is 2.02. The van der Waals surface area contributed by atoms with Gasteiger partial charge >= 0.3 is 29.6 Å². The Hall–Kier alpha value is 0.870. The Morgan fingerprint density at radius 3 is 2.20 bits per heavy atom. The fourth-order valence-electron chi connectivity index (χ4n) is 1.27. The molecule has 0 radical (unpaired) electrons. The van der Waals surface area contributed by atoms with Gasteiger partial charge in [-0.15, -0.1) is 0 Å². The first kappa shape index (κ1) is 18.2. The number of aliphatic hydroxyl groups is 1. The molecule has 0 aliphatic rings. The zero-order valence-corrected chi connectivity index (χ0v) is 12.4. The Bertz CT molecular complexity index is 228. The van der Waals surface area contributed by atoms with E-state index in [1.165, 1.54) is 0 Å². The van der Waals surface area contributed by atoms with Crippen LogP contribution in [-0.2, 0) is 10.1 Å². The molecule has 0 aromatic heterocycles. The summed E-state index contributed by atoms with van der Waals surface area (Å²) in [4.78, 5) is 0. The predicted octanol–water partition coefficient (Wildman–Crippen LogP) is -1.74. The molecule has 6 heteroatoms. The minimum absolute atomic E-state index is 0. The van der Waals surface area contributed by atoms with Crippen molar-refractivity contribution in [2.24, 2.45) is 0 Å². The molecule has 0 saturated heterocycles. The van der Waals surface area contributed by atoms with Crippen molar-refractivity contribution in [3.63, 3.8) is 0 Å². The number of unbranched alkanes of at least 4 members (excludes halogenated alkanes) is 2. The van der Waals surface area contributed by atoms with Gasteiger partial charge in [-0.05, 0) is 19.3 Å². The molecule has 15 heavy (non-hydrogen) atoms. The van der Waals surface area contributed by atoms with Gasteiger partial charge in [0.1, 0.15) is 0 Å². The van der Waals surface area contributed by atoms with Gasteiger partial charge in [-0.1, -0.05) is 26.2 Å². The van der Waals surface area contributed by atoms with E-state index in [1.54, 1.807) is 0 Å². The molecule has 0 fully saturated rings. The topological polar surface area (TPSA) is 77.4 Å². The number of aliphatic hydroxyl groups excluding tert-OH is 1. The van der Waals surface area contributed by atoms with Crippen LogP contribution in [0, 0.1) is 0 Å². The van der Waals surface area contributed by atoms with E-state index in [2.05, 4.69) is 6.92 Å². The van der Waals surface area contributed by atoms with Crippen LogP contribution in [0.2, 0.25) is 0 Å². The average molecular weight is 246 g/mol. The molecule has 0 aliphatic heterocycles. The largest absolute Gasteiger partial charge is 1.00 e. The molecular formula is C9H19NaO4S. The Kier molecular flexibility index (Phi) is 12.2. The Balaban J connectivity index is 0. The molecule has 0 spiro atoms. The molecule has 4 nitrogen and oxygen atoms in total. The van der Waals surface area contributed by atoms with Crippen molar-refractivity contribution in [3.05, 3.63) is 0 Å². The van der Waals surface area contributed by atoms with Crippen molar-refractivity contribution in [1.29, 1.82) is 0 Å². The van der Waals surface area contributed by atoms with Gasteiger partial charge in [0.25, 0.3) is 0 Å². The maximum atomic E-state index is 10.2. The predicted molar refractivity (Wildman–Crippen MR) is 53.9 cm³/mol. The fourth-order valence-corrected chi connectivity index (χ4v) is 1.79. The maximum Gasteiger partial charge on any atom is 1.00 e. The molecule has 0 saturated carbocycles. The van der Waals surface area contributed by atoms with Crippen molar-refractivity contribution in [2.45, 2.75) is 51.6 Å². The molecule has 0 amide bonds. The maximum absolute atomic E-state index is 10.2. The van der Waals surface area contributed by atoms with Crippen LogP contribution in [0.4, 0.5) is 0 Å². The van der Waals surface area contributed by atoms with E-state index in [0.29, 0.717) is 12.8 Å². The zero-order valence-electron chi connectivity index (χ0n) is 9.61. The first-order chi connectivity index (χ1) is 6.45. The second-order valence-corrected chi connectivity index (χ2v) is 5.08. The zero-order chi connectivity index (χ0) is 11.0. The summed E-state index contributed by atoms with van der Waals surface area (Å²) in [5.41, 5.74) is 0. The molecule has 1 atom stereocenters. The molecule has 86 valence electrons. The van der Waals surface area contributed by atoms with Crippen molar-refractivity contribution < 1.29 is 47.6 Å². The van der Waals surface area contributed by atoms with E-state index in [4.69, 9.17) is 0 Å². The normalized spacial score (nSPS) is 13.3. The van der Waals surface area contributed by atoms with Crippen LogP contribution in [0.1, 0.15) is 45.4 Å². The van der Waals surface area contributed by atoms with Crippen LogP contribution in [0.15, 0.2) is 0 Å². The van der Waals surface area contributed by atoms with E-state index in [1.807, 2.05) is 0 Å². The number of hydrogen-bond donors (Lipinski definition) is 1. The van der Waals surface area contributed by atoms with E-state index < -0.39 is 16.2 Å². The van der Waals surface area contributed by atoms with Crippen LogP contribution in [0.25, 0.3) is 0 Å². The Labute approximate surface area is 114 Å². The third-order valence-corrected chi connectivity index (χ3v) is 2.86. The summed E-state index contributed by atoms with van der Waals surface area (Å²) in [5.74, 6) is -0.363. The summed E-state index contributed by atoms with van der Waals surface area (Å²) in [6.07, 6.45) is 4.06. The van der Waals surface area contributed by atoms with Crippen LogP contribution < -0.4 is 29.6 Å². The molecule has 0 bridgehead atoms. The molecular weight excluding hydrogens is 227 g/mol. The third kappa shape index (κ3) is 14.9. The standard InChI is InChI=1S/C9H20O4S.Na/c1-2-3-4-6-9(10)7-5-8-14(11,12)13;/h9-10H,2-8H2,1H3,(H,11,12,13);/q;+1/p-1. The quantitative estimate of drug-likeness (QED) is 0.313. The molecule has 0 aliphatic carbocycles. The number of rotatable bonds is 8. The fraction of sp³-hybridized carbons (Fsp3) is 1.00. The molecule has 1 N–H and O–H groups in total. The summed E-state index contributed by atoms with van der Waals surface area (Å²) in [6.45, 7) is 2.08. The Morgan fingerprint density at radius 2 is 1.73 bits per heavy atom. The van der Waals surface area contributed by atoms with E-state index >= 15 is 0 Å². The third-order valence-electron chi connectivity index (χ3n) is 2.07. The van der Waals surface area contributed by atoms with Gasteiger partial charge in [0, 0.05) is 5.75 Å². The Morgan fingerprint density at radius 1 is 1.20 bits per heavy atom. The van der Waals surface area contributed by atoms with Crippen molar-refractivity contribution in [1.82, 2.24) is 0 Å². The smallest absolute Gasteiger partial charge is 0.748 e. The molecule has 1 unspecified atom stereocenters. The van der Waals surface area contributed by atoms with Crippen molar-refractivity contribution in [2.75, 3.05) is 5.75 Å². The summed E-state index contributed by atoms with van der Waals surface area (Å²) < 4.78 is 30.7. The second-order valence-electron chi connectivity index (χ2n) is 3.55. The van der Waals surface area contributed by atoms with Crippen molar-refractivity contribution in [3.8, 4) is 0 Å². The summed E-state index contributed by atoms with van der Waals surface area (Å²) in [6, 6.07) is 0. The first-order valence-corrected chi connectivity index (χ1v) is 6.65. The van der Waals surface area contributed by atoms with Gasteiger partial charge in [-0.3, -0.25) is 0 Å². The minimum Gasteiger partial charge on any atom is -0.748 e. The molecule has 0 aromatic rings. The number of hydrogen-bond acceptors (Lipinski definition) is 4. The monoisotopic (exact) mass is 246 g/mol. The molecule has 0 heterocycles. The van der Waals surface area contributed by atoms with Gasteiger partial charge in [-0.25, -0.2) is 8.42 Å². The van der Waals surface area contributed by atoms with Crippen LogP contribution in [0.3, 0.4) is 0 Å². The van der Waals surface area contributed by atoms with Crippen LogP contribution >= 0.6 is 0 Å². The molecule has 0 rings (SSSR count). The molecule has 0 aromatic carbocycles. The van der Waals surface area contributed by atoms with E-state index in [0.717, 1.165) is 19.3 Å². The first-order valence-electron chi connectivity index (χ1n) is 5.07. The SMILES string of the molecule is CCCCCC(O)CCCS(=O)(=O)[O-].[Na+]. The summed E-state index contributed by atoms with van der Waals surface area (Å²) in [5, 5.41) is 9.38. The van der Waals surface area contributed by atoms with Gasteiger partial charge in [0.15, 0.2) is 0 Å². The van der Waals surface area contributed by atoms with Gasteiger partial charge in [0.05, 0.1) is 16.2 Å². The van der Waals surface area contributed by atoms with Gasteiger partial charge in [0.2, 0.25) is 0 Å². The summed E-state index contributed by atoms with van der Waals surface area (Å²) in [7, 11) is -4.11. The van der Waals surface area contributed by atoms with Crippen molar-refractivity contribution >= 4 is 10.1 Å². The van der Waals surface area contributed by atoms with Crippen LogP contribution in [-0.4, -0.2) is 29.9 Å². The van der Waals surface area contributed by atoms with Gasteiger partial charge in [-0.2, -0.15) is 0 Å².